The summed E-state index contributed by atoms with van der Waals surface area (Å²) in [4.78, 5) is 72.9. The van der Waals surface area contributed by atoms with E-state index >= 15 is 0 Å². The minimum absolute atomic E-state index is 0.106. The van der Waals surface area contributed by atoms with Crippen molar-refractivity contribution in [3.63, 3.8) is 0 Å². The van der Waals surface area contributed by atoms with Gasteiger partial charge < -0.3 is 33.8 Å². The molecule has 0 amide bonds. The lowest BCUT2D eigenvalue weighted by Gasteiger charge is -2.21. The van der Waals surface area contributed by atoms with E-state index < -0.39 is 97.5 Å². The summed E-state index contributed by atoms with van der Waals surface area (Å²) >= 11 is 0. The fourth-order valence-corrected chi connectivity index (χ4v) is 13.6. The molecule has 0 saturated heterocycles. The van der Waals surface area contributed by atoms with Gasteiger partial charge >= 0.3 is 39.5 Å². The van der Waals surface area contributed by atoms with E-state index in [2.05, 4.69) is 41.5 Å². The van der Waals surface area contributed by atoms with Gasteiger partial charge in [-0.3, -0.25) is 37.3 Å². The molecule has 0 aromatic rings. The van der Waals surface area contributed by atoms with Gasteiger partial charge in [0, 0.05) is 25.7 Å². The number of rotatable bonds is 77. The predicted molar refractivity (Wildman–Crippen MR) is 395 cm³/mol. The molecule has 2 unspecified atom stereocenters. The molecule has 19 heteroatoms. The standard InChI is InChI=1S/C78H152O17P2/c1-7-9-11-13-15-17-19-26-31-37-43-49-55-61-76(81)89-66-73(94-77(82)62-56-50-44-38-32-28-25-23-21-20-22-24-27-30-34-40-46-52-58-70(3)4)68-92-96(84,85)90-64-72(79)65-91-97(86,87)93-69-74(67-88-75(80)60-54-48-42-36-29-18-16-14-12-10-8-2)95-78(83)63-57-51-45-39-33-35-41-47-53-59-71(5)6/h70-74,79H,7-69H2,1-6H3,(H,84,85)(H,86,87)/t72-,73-,74-/m1/s1. The Hall–Kier alpha value is -1.94. The van der Waals surface area contributed by atoms with Gasteiger partial charge in [-0.1, -0.05) is 356 Å². The molecule has 0 aliphatic carbocycles. The number of carbonyl (C=O) groups excluding carboxylic acids is 4. The Labute approximate surface area is 594 Å². The molecule has 0 aliphatic heterocycles. The van der Waals surface area contributed by atoms with Crippen molar-refractivity contribution in [3.05, 3.63) is 0 Å². The van der Waals surface area contributed by atoms with Gasteiger partial charge in [0.15, 0.2) is 12.2 Å². The van der Waals surface area contributed by atoms with Crippen LogP contribution in [0.25, 0.3) is 0 Å². The number of phosphoric acid groups is 2. The molecular formula is C78H152O17P2. The Kier molecular flexibility index (Phi) is 68.4. The van der Waals surface area contributed by atoms with Gasteiger partial charge in [0.1, 0.15) is 19.3 Å². The zero-order valence-electron chi connectivity index (χ0n) is 63.4. The van der Waals surface area contributed by atoms with E-state index in [-0.39, 0.29) is 25.7 Å². The third-order valence-electron chi connectivity index (χ3n) is 18.2. The number of esters is 4. The smallest absolute Gasteiger partial charge is 0.462 e. The van der Waals surface area contributed by atoms with Crippen LogP contribution >= 0.6 is 15.6 Å². The van der Waals surface area contributed by atoms with Crippen LogP contribution < -0.4 is 0 Å². The van der Waals surface area contributed by atoms with Gasteiger partial charge in [-0.05, 0) is 37.5 Å². The number of phosphoric ester groups is 2. The van der Waals surface area contributed by atoms with E-state index in [0.29, 0.717) is 25.7 Å². The topological polar surface area (TPSA) is 237 Å². The summed E-state index contributed by atoms with van der Waals surface area (Å²) in [5, 5.41) is 10.6. The third kappa shape index (κ3) is 72.2. The van der Waals surface area contributed by atoms with Crippen molar-refractivity contribution >= 4 is 39.5 Å². The van der Waals surface area contributed by atoms with Crippen LogP contribution in [0, 0.1) is 11.8 Å². The van der Waals surface area contributed by atoms with E-state index in [9.17, 15) is 43.2 Å². The Balaban J connectivity index is 5.21. The van der Waals surface area contributed by atoms with E-state index in [4.69, 9.17) is 37.0 Å². The fraction of sp³-hybridized carbons (Fsp3) is 0.949. The number of unbranched alkanes of at least 4 members (excludes halogenated alkanes) is 47. The van der Waals surface area contributed by atoms with Crippen LogP contribution in [0.4, 0.5) is 0 Å². The summed E-state index contributed by atoms with van der Waals surface area (Å²) in [5.74, 6) is -0.555. The van der Waals surface area contributed by atoms with Crippen LogP contribution in [0.1, 0.15) is 408 Å². The molecule has 576 valence electrons. The lowest BCUT2D eigenvalue weighted by atomic mass is 10.0. The number of ether oxygens (including phenoxy) is 4. The van der Waals surface area contributed by atoms with Crippen molar-refractivity contribution in [3.8, 4) is 0 Å². The monoisotopic (exact) mass is 1420 g/mol. The van der Waals surface area contributed by atoms with Crippen molar-refractivity contribution in [1.82, 2.24) is 0 Å². The summed E-state index contributed by atoms with van der Waals surface area (Å²) in [6.07, 6.45) is 58.2. The van der Waals surface area contributed by atoms with Crippen molar-refractivity contribution < 1.29 is 80.2 Å². The van der Waals surface area contributed by atoms with Crippen LogP contribution in [0.3, 0.4) is 0 Å². The maximum Gasteiger partial charge on any atom is 0.472 e. The third-order valence-corrected chi connectivity index (χ3v) is 20.1. The van der Waals surface area contributed by atoms with Gasteiger partial charge in [-0.25, -0.2) is 9.13 Å². The molecule has 5 atom stereocenters. The summed E-state index contributed by atoms with van der Waals surface area (Å²) in [7, 11) is -9.91. The van der Waals surface area contributed by atoms with Crippen molar-refractivity contribution in [2.24, 2.45) is 11.8 Å². The number of hydrogen-bond acceptors (Lipinski definition) is 15. The molecule has 0 rings (SSSR count). The van der Waals surface area contributed by atoms with E-state index in [1.165, 1.54) is 225 Å². The lowest BCUT2D eigenvalue weighted by Crippen LogP contribution is -2.30. The molecule has 17 nitrogen and oxygen atoms in total. The largest absolute Gasteiger partial charge is 0.472 e. The van der Waals surface area contributed by atoms with Gasteiger partial charge in [-0.15, -0.1) is 0 Å². The quantitative estimate of drug-likeness (QED) is 0.0222. The second-order valence-corrected chi connectivity index (χ2v) is 32.0. The van der Waals surface area contributed by atoms with Gasteiger partial charge in [0.05, 0.1) is 26.4 Å². The number of hydrogen-bond donors (Lipinski definition) is 3. The van der Waals surface area contributed by atoms with Crippen LogP contribution in [-0.2, 0) is 65.4 Å². The molecule has 0 bridgehead atoms. The van der Waals surface area contributed by atoms with Crippen molar-refractivity contribution in [1.29, 1.82) is 0 Å². The highest BCUT2D eigenvalue weighted by Crippen LogP contribution is 2.45. The minimum Gasteiger partial charge on any atom is -0.462 e. The first-order valence-corrected chi connectivity index (χ1v) is 43.5. The number of carbonyl (C=O) groups is 4. The Bertz CT molecular complexity index is 1870. The molecule has 0 saturated carbocycles. The van der Waals surface area contributed by atoms with E-state index in [1.807, 2.05) is 0 Å². The zero-order chi connectivity index (χ0) is 71.4. The summed E-state index contributed by atoms with van der Waals surface area (Å²) in [6.45, 7) is 9.62. The van der Waals surface area contributed by atoms with Crippen LogP contribution in [-0.4, -0.2) is 96.7 Å². The van der Waals surface area contributed by atoms with Crippen LogP contribution in [0.5, 0.6) is 0 Å². The predicted octanol–water partition coefficient (Wildman–Crippen LogP) is 23.1. The summed E-state index contributed by atoms with van der Waals surface area (Å²) in [5.41, 5.74) is 0. The molecule has 0 aromatic heterocycles. The Morgan fingerprint density at radius 2 is 0.474 bits per heavy atom. The molecule has 3 N–H and O–H groups in total. The van der Waals surface area contributed by atoms with Gasteiger partial charge in [0.25, 0.3) is 0 Å². The second kappa shape index (κ2) is 69.8. The first-order chi connectivity index (χ1) is 46.9. The molecule has 0 heterocycles. The van der Waals surface area contributed by atoms with Crippen molar-refractivity contribution in [2.45, 2.75) is 426 Å². The molecule has 0 spiro atoms. The highest BCUT2D eigenvalue weighted by atomic mass is 31.2. The highest BCUT2D eigenvalue weighted by Gasteiger charge is 2.30. The second-order valence-electron chi connectivity index (χ2n) is 29.1. The van der Waals surface area contributed by atoms with Crippen LogP contribution in [0.15, 0.2) is 0 Å². The van der Waals surface area contributed by atoms with E-state index in [1.54, 1.807) is 0 Å². The normalized spacial score (nSPS) is 14.0. The average molecular weight is 1420 g/mol. The van der Waals surface area contributed by atoms with Gasteiger partial charge in [0.2, 0.25) is 0 Å². The van der Waals surface area contributed by atoms with Gasteiger partial charge in [-0.2, -0.15) is 0 Å². The first kappa shape index (κ1) is 95.1. The number of aliphatic hydroxyl groups excluding tert-OH is 1. The maximum absolute atomic E-state index is 13.1. The first-order valence-electron chi connectivity index (χ1n) is 40.5. The summed E-state index contributed by atoms with van der Waals surface area (Å²) in [6, 6.07) is 0. The average Bonchev–Trinajstić information content (AvgIpc) is 1.12. The molecule has 0 fully saturated rings. The summed E-state index contributed by atoms with van der Waals surface area (Å²) < 4.78 is 68.6. The van der Waals surface area contributed by atoms with E-state index in [0.717, 1.165) is 102 Å². The minimum atomic E-state index is -4.96. The Morgan fingerprint density at radius 1 is 0.278 bits per heavy atom. The fourth-order valence-electron chi connectivity index (χ4n) is 12.0. The highest BCUT2D eigenvalue weighted by molar-refractivity contribution is 7.47. The molecule has 0 radical (unpaired) electrons. The lowest BCUT2D eigenvalue weighted by molar-refractivity contribution is -0.161. The molecule has 97 heavy (non-hydrogen) atoms. The van der Waals surface area contributed by atoms with Crippen molar-refractivity contribution in [2.75, 3.05) is 39.6 Å². The van der Waals surface area contributed by atoms with Crippen LogP contribution in [0.2, 0.25) is 0 Å². The maximum atomic E-state index is 13.1. The zero-order valence-corrected chi connectivity index (χ0v) is 65.2. The number of aliphatic hydroxyl groups is 1. The molecule has 0 aliphatic rings. The Morgan fingerprint density at radius 3 is 0.701 bits per heavy atom. The molecule has 0 aromatic carbocycles. The molecular weight excluding hydrogens is 1270 g/mol. The SMILES string of the molecule is CCCCCCCCCCCCCCCC(=O)OC[C@H](COP(=O)(O)OC[C@@H](O)COP(=O)(O)OC[C@@H](COC(=O)CCCCCCCCCCCCC)OC(=O)CCCCCCCCCCCC(C)C)OC(=O)CCCCCCCCCCCCCCCCCCCCC(C)C.